The molecule has 0 heterocycles. The molecule has 0 saturated heterocycles. The molecule has 0 spiro atoms. The first-order valence-corrected chi connectivity index (χ1v) is 12.5. The van der Waals surface area contributed by atoms with Gasteiger partial charge in [-0.05, 0) is 75.0 Å². The van der Waals surface area contributed by atoms with Crippen molar-refractivity contribution in [2.45, 2.75) is 111 Å². The minimum Gasteiger partial charge on any atom is -0.393 e. The number of hydrogen-bond donors (Lipinski definition) is 2. The highest BCUT2D eigenvalue weighted by atomic mass is 16.3. The third kappa shape index (κ3) is 5.79. The summed E-state index contributed by atoms with van der Waals surface area (Å²) >= 11 is 0. The van der Waals surface area contributed by atoms with E-state index in [1.54, 1.807) is 5.57 Å². The standard InChI is InChI=1S/C28H44O3/c1-19(8-6-10-26(31)27(2,3)4)24-13-14-25-21(9-7-15-28(24,25)5)12-11-20-16-22(29)18-23(30)17-20/h11-13,19,22-23,25,29-30H,6-10,14-18H2,1-5H3/t19-,22-,23-,25+,28-/m1/s1. The van der Waals surface area contributed by atoms with E-state index in [1.165, 1.54) is 24.0 Å². The van der Waals surface area contributed by atoms with Gasteiger partial charge < -0.3 is 10.2 Å². The van der Waals surface area contributed by atoms with Crippen molar-refractivity contribution in [2.75, 3.05) is 0 Å². The molecule has 174 valence electrons. The molecule has 3 aliphatic carbocycles. The summed E-state index contributed by atoms with van der Waals surface area (Å²) in [6.07, 6.45) is 15.6. The Kier molecular flexibility index (Phi) is 7.69. The Labute approximate surface area is 189 Å². The van der Waals surface area contributed by atoms with Crippen LogP contribution in [0.5, 0.6) is 0 Å². The van der Waals surface area contributed by atoms with E-state index >= 15 is 0 Å². The van der Waals surface area contributed by atoms with Gasteiger partial charge in [-0.2, -0.15) is 0 Å². The minimum atomic E-state index is -0.407. The van der Waals surface area contributed by atoms with Crippen LogP contribution < -0.4 is 0 Å². The van der Waals surface area contributed by atoms with Gasteiger partial charge in [0.1, 0.15) is 5.78 Å². The van der Waals surface area contributed by atoms with E-state index in [1.807, 2.05) is 20.8 Å². The van der Waals surface area contributed by atoms with E-state index in [-0.39, 0.29) is 10.8 Å². The lowest BCUT2D eigenvalue weighted by Crippen LogP contribution is -2.32. The van der Waals surface area contributed by atoms with Crippen LogP contribution in [0.25, 0.3) is 0 Å². The number of allylic oxidation sites excluding steroid dienone is 5. The van der Waals surface area contributed by atoms with Crippen molar-refractivity contribution < 1.29 is 15.0 Å². The predicted molar refractivity (Wildman–Crippen MR) is 128 cm³/mol. The van der Waals surface area contributed by atoms with Crippen LogP contribution >= 0.6 is 0 Å². The molecule has 3 nitrogen and oxygen atoms in total. The van der Waals surface area contributed by atoms with Crippen LogP contribution in [0.1, 0.15) is 98.8 Å². The van der Waals surface area contributed by atoms with Gasteiger partial charge in [0.25, 0.3) is 0 Å². The van der Waals surface area contributed by atoms with E-state index < -0.39 is 12.2 Å². The van der Waals surface area contributed by atoms with Gasteiger partial charge >= 0.3 is 0 Å². The van der Waals surface area contributed by atoms with Gasteiger partial charge in [0.05, 0.1) is 12.2 Å². The van der Waals surface area contributed by atoms with Crippen molar-refractivity contribution in [3.05, 3.63) is 34.9 Å². The highest BCUT2D eigenvalue weighted by Gasteiger charge is 2.45. The Morgan fingerprint density at radius 1 is 1.23 bits per heavy atom. The van der Waals surface area contributed by atoms with E-state index in [0.717, 1.165) is 25.7 Å². The maximum Gasteiger partial charge on any atom is 0.138 e. The molecule has 0 unspecified atom stereocenters. The van der Waals surface area contributed by atoms with Gasteiger partial charge in [0, 0.05) is 11.8 Å². The number of rotatable bonds is 6. The Morgan fingerprint density at radius 3 is 2.55 bits per heavy atom. The van der Waals surface area contributed by atoms with Crippen LogP contribution in [-0.2, 0) is 4.79 Å². The van der Waals surface area contributed by atoms with Gasteiger partial charge in [-0.3, -0.25) is 4.79 Å². The summed E-state index contributed by atoms with van der Waals surface area (Å²) in [6.45, 7) is 10.9. The highest BCUT2D eigenvalue weighted by Crippen LogP contribution is 2.57. The molecular weight excluding hydrogens is 384 g/mol. The lowest BCUT2D eigenvalue weighted by molar-refractivity contribution is -0.126. The first-order valence-electron chi connectivity index (χ1n) is 12.5. The second kappa shape index (κ2) is 9.75. The molecule has 3 heteroatoms. The first-order chi connectivity index (χ1) is 14.5. The molecule has 0 aromatic carbocycles. The molecule has 5 atom stereocenters. The van der Waals surface area contributed by atoms with E-state index in [0.29, 0.717) is 43.3 Å². The number of aliphatic hydroxyl groups excluding tert-OH is 2. The van der Waals surface area contributed by atoms with Gasteiger partial charge in [-0.15, -0.1) is 0 Å². The molecule has 0 aromatic heterocycles. The predicted octanol–water partition coefficient (Wildman–Crippen LogP) is 6.30. The average Bonchev–Trinajstić information content (AvgIpc) is 3.02. The van der Waals surface area contributed by atoms with Crippen molar-refractivity contribution in [3.8, 4) is 0 Å². The minimum absolute atomic E-state index is 0.227. The molecule has 0 amide bonds. The van der Waals surface area contributed by atoms with Gasteiger partial charge in [-0.1, -0.05) is 69.6 Å². The topological polar surface area (TPSA) is 57.5 Å². The van der Waals surface area contributed by atoms with Gasteiger partial charge in [0.2, 0.25) is 0 Å². The molecule has 2 fully saturated rings. The summed E-state index contributed by atoms with van der Waals surface area (Å²) in [5.41, 5.74) is 4.34. The summed E-state index contributed by atoms with van der Waals surface area (Å²) in [7, 11) is 0. The van der Waals surface area contributed by atoms with Gasteiger partial charge in [0.15, 0.2) is 0 Å². The lowest BCUT2D eigenvalue weighted by atomic mass is 9.62. The first kappa shape index (κ1) is 24.5. The lowest BCUT2D eigenvalue weighted by Gasteiger charge is -2.42. The normalized spacial score (nSPS) is 33.8. The second-order valence-electron chi connectivity index (χ2n) is 11.7. The number of fused-ring (bicyclic) bond motifs is 1. The fraction of sp³-hybridized carbons (Fsp3) is 0.750. The molecular formula is C28H44O3. The fourth-order valence-electron chi connectivity index (χ4n) is 6.25. The summed E-state index contributed by atoms with van der Waals surface area (Å²) < 4.78 is 0. The van der Waals surface area contributed by atoms with Crippen molar-refractivity contribution in [1.29, 1.82) is 0 Å². The zero-order valence-electron chi connectivity index (χ0n) is 20.4. The largest absolute Gasteiger partial charge is 0.393 e. The van der Waals surface area contributed by atoms with Gasteiger partial charge in [-0.25, -0.2) is 0 Å². The number of aliphatic hydroxyl groups is 2. The van der Waals surface area contributed by atoms with Crippen molar-refractivity contribution in [2.24, 2.45) is 22.7 Å². The number of hydrogen-bond acceptors (Lipinski definition) is 3. The quantitative estimate of drug-likeness (QED) is 0.488. The fourth-order valence-corrected chi connectivity index (χ4v) is 6.25. The van der Waals surface area contributed by atoms with E-state index in [9.17, 15) is 15.0 Å². The number of carbonyl (C=O) groups is 1. The third-order valence-electron chi connectivity index (χ3n) is 8.09. The SMILES string of the molecule is C[C@H](CCCC(=O)C(C)(C)C)C1=CC[C@H]2C(=CC=C3C[C@@H](O)C[C@H](O)C3)CCC[C@]12C. The van der Waals surface area contributed by atoms with E-state index in [4.69, 9.17) is 0 Å². The van der Waals surface area contributed by atoms with Crippen LogP contribution in [0.3, 0.4) is 0 Å². The maximum absolute atomic E-state index is 12.3. The van der Waals surface area contributed by atoms with Crippen LogP contribution in [0, 0.1) is 22.7 Å². The third-order valence-corrected chi connectivity index (χ3v) is 8.09. The molecule has 3 rings (SSSR count). The molecule has 31 heavy (non-hydrogen) atoms. The number of carbonyl (C=O) groups excluding carboxylic acids is 1. The Morgan fingerprint density at radius 2 is 1.90 bits per heavy atom. The molecule has 0 bridgehead atoms. The Hall–Kier alpha value is -1.19. The van der Waals surface area contributed by atoms with Crippen LogP contribution in [0.4, 0.5) is 0 Å². The Bertz CT molecular complexity index is 739. The molecule has 2 N–H and O–H groups in total. The second-order valence-corrected chi connectivity index (χ2v) is 11.7. The molecule has 2 saturated carbocycles. The Balaban J connectivity index is 1.64. The van der Waals surface area contributed by atoms with Crippen LogP contribution in [-0.4, -0.2) is 28.2 Å². The molecule has 0 aromatic rings. The smallest absolute Gasteiger partial charge is 0.138 e. The average molecular weight is 429 g/mol. The summed E-state index contributed by atoms with van der Waals surface area (Å²) in [5, 5.41) is 19.9. The monoisotopic (exact) mass is 428 g/mol. The summed E-state index contributed by atoms with van der Waals surface area (Å²) in [6, 6.07) is 0. The zero-order valence-corrected chi connectivity index (χ0v) is 20.4. The van der Waals surface area contributed by atoms with E-state index in [2.05, 4.69) is 32.1 Å². The van der Waals surface area contributed by atoms with Crippen molar-refractivity contribution in [1.82, 2.24) is 0 Å². The highest BCUT2D eigenvalue weighted by molar-refractivity contribution is 5.83. The summed E-state index contributed by atoms with van der Waals surface area (Å²) in [5.74, 6) is 1.48. The number of Topliss-reactive ketones (excluding diaryl/α,β-unsaturated/α-hetero) is 1. The van der Waals surface area contributed by atoms with Crippen molar-refractivity contribution in [3.63, 3.8) is 0 Å². The van der Waals surface area contributed by atoms with Crippen molar-refractivity contribution >= 4 is 5.78 Å². The molecule has 0 aliphatic heterocycles. The van der Waals surface area contributed by atoms with Crippen LogP contribution in [0.2, 0.25) is 0 Å². The zero-order chi connectivity index (χ0) is 22.8. The summed E-state index contributed by atoms with van der Waals surface area (Å²) in [4.78, 5) is 12.3. The maximum atomic E-state index is 12.3. The molecule has 3 aliphatic rings. The number of ketones is 1. The van der Waals surface area contributed by atoms with Crippen LogP contribution in [0.15, 0.2) is 34.9 Å². The molecule has 0 radical (unpaired) electrons.